The summed E-state index contributed by atoms with van der Waals surface area (Å²) in [4.78, 5) is 19.3. The first kappa shape index (κ1) is 17.6. The van der Waals surface area contributed by atoms with Crippen molar-refractivity contribution in [3.05, 3.63) is 52.0 Å². The first-order valence-electron chi connectivity index (χ1n) is 8.21. The van der Waals surface area contributed by atoms with Crippen LogP contribution in [0.5, 0.6) is 0 Å². The van der Waals surface area contributed by atoms with E-state index in [1.807, 2.05) is 28.5 Å². The Bertz CT molecular complexity index is 612. The second-order valence-electron chi connectivity index (χ2n) is 5.52. The van der Waals surface area contributed by atoms with Gasteiger partial charge in [0.1, 0.15) is 10.7 Å². The third kappa shape index (κ3) is 4.39. The highest BCUT2D eigenvalue weighted by Gasteiger charge is 2.26. The molecule has 0 bridgehead atoms. The topological polar surface area (TPSA) is 59.2 Å². The van der Waals surface area contributed by atoms with Crippen LogP contribution in [0.15, 0.2) is 35.7 Å². The third-order valence-electron chi connectivity index (χ3n) is 3.91. The normalized spacial score (nSPS) is 12.1. The Labute approximate surface area is 142 Å². The lowest BCUT2D eigenvalue weighted by Crippen LogP contribution is -2.35. The van der Waals surface area contributed by atoms with Gasteiger partial charge in [0.05, 0.1) is 6.04 Å². The Kier molecular flexibility index (Phi) is 6.74. The smallest absolute Gasteiger partial charge is 0.273 e. The lowest BCUT2D eigenvalue weighted by Gasteiger charge is -2.31. The van der Waals surface area contributed by atoms with Crippen LogP contribution >= 0.6 is 11.3 Å². The molecular weight excluding hydrogens is 306 g/mol. The summed E-state index contributed by atoms with van der Waals surface area (Å²) in [6, 6.07) is 10.3. The van der Waals surface area contributed by atoms with Gasteiger partial charge in [0, 0.05) is 18.5 Å². The monoisotopic (exact) mass is 331 g/mol. The van der Waals surface area contributed by atoms with Gasteiger partial charge in [0.25, 0.3) is 5.91 Å². The number of hydrogen-bond acceptors (Lipinski definition) is 4. The van der Waals surface area contributed by atoms with E-state index < -0.39 is 0 Å². The molecule has 5 heteroatoms. The summed E-state index contributed by atoms with van der Waals surface area (Å²) in [5.74, 6) is 0.00473. The van der Waals surface area contributed by atoms with Crippen LogP contribution in [-0.4, -0.2) is 22.3 Å². The number of nitrogens with zero attached hydrogens (tertiary/aromatic N) is 2. The summed E-state index contributed by atoms with van der Waals surface area (Å²) < 4.78 is 0. The number of unbranched alkanes of at least 4 members (excludes halogenated alkanes) is 1. The van der Waals surface area contributed by atoms with E-state index in [1.54, 1.807) is 0 Å². The average Bonchev–Trinajstić information content (AvgIpc) is 3.08. The maximum Gasteiger partial charge on any atom is 0.273 e. The van der Waals surface area contributed by atoms with Crippen molar-refractivity contribution in [3.63, 3.8) is 0 Å². The Morgan fingerprint density at radius 2 is 2.04 bits per heavy atom. The fourth-order valence-corrected chi connectivity index (χ4v) is 3.34. The second-order valence-corrected chi connectivity index (χ2v) is 6.46. The molecule has 0 saturated heterocycles. The van der Waals surface area contributed by atoms with Gasteiger partial charge in [-0.1, -0.05) is 50.6 Å². The van der Waals surface area contributed by atoms with E-state index in [0.29, 0.717) is 12.2 Å². The molecular formula is C18H25N3OS. The van der Waals surface area contributed by atoms with Crippen molar-refractivity contribution >= 4 is 17.2 Å². The van der Waals surface area contributed by atoms with Crippen LogP contribution in [0, 0.1) is 0 Å². The molecule has 1 unspecified atom stereocenters. The number of hydrogen-bond donors (Lipinski definition) is 1. The Morgan fingerprint density at radius 1 is 1.30 bits per heavy atom. The minimum atomic E-state index is 0.00473. The van der Waals surface area contributed by atoms with Crippen molar-refractivity contribution in [2.45, 2.75) is 45.7 Å². The van der Waals surface area contributed by atoms with Gasteiger partial charge in [-0.15, -0.1) is 11.3 Å². The molecule has 0 saturated carbocycles. The van der Waals surface area contributed by atoms with Crippen LogP contribution in [0.2, 0.25) is 0 Å². The van der Waals surface area contributed by atoms with Crippen molar-refractivity contribution in [2.24, 2.45) is 5.73 Å². The number of carbonyl (C=O) groups is 1. The lowest BCUT2D eigenvalue weighted by molar-refractivity contribution is 0.0661. The first-order chi connectivity index (χ1) is 11.2. The summed E-state index contributed by atoms with van der Waals surface area (Å²) in [5, 5.41) is 2.62. The predicted molar refractivity (Wildman–Crippen MR) is 95.4 cm³/mol. The van der Waals surface area contributed by atoms with E-state index in [0.717, 1.165) is 30.8 Å². The van der Waals surface area contributed by atoms with E-state index in [4.69, 9.17) is 5.73 Å². The first-order valence-corrected chi connectivity index (χ1v) is 9.09. The SMILES string of the molecule is CCCCN(C(=O)c1csc(CN)n1)C(CC)c1ccccc1. The molecule has 2 N–H and O–H groups in total. The summed E-state index contributed by atoms with van der Waals surface area (Å²) in [6.45, 7) is 5.39. The fourth-order valence-electron chi connectivity index (χ4n) is 2.69. The van der Waals surface area contributed by atoms with E-state index in [9.17, 15) is 4.79 Å². The van der Waals surface area contributed by atoms with Crippen LogP contribution in [-0.2, 0) is 6.54 Å². The summed E-state index contributed by atoms with van der Waals surface area (Å²) >= 11 is 1.45. The second kappa shape index (κ2) is 8.79. The summed E-state index contributed by atoms with van der Waals surface area (Å²) in [6.07, 6.45) is 2.93. The van der Waals surface area contributed by atoms with Gasteiger partial charge in [0.15, 0.2) is 0 Å². The summed E-state index contributed by atoms with van der Waals surface area (Å²) in [7, 11) is 0. The maximum atomic E-state index is 13.0. The standard InChI is InChI=1S/C18H25N3OS/c1-3-5-11-21(16(4-2)14-9-7-6-8-10-14)18(22)15-13-23-17(12-19)20-15/h6-10,13,16H,3-5,11-12,19H2,1-2H3. The largest absolute Gasteiger partial charge is 0.330 e. The molecule has 0 aliphatic carbocycles. The molecule has 0 aliphatic rings. The zero-order valence-electron chi connectivity index (χ0n) is 13.9. The van der Waals surface area contributed by atoms with Crippen molar-refractivity contribution in [1.29, 1.82) is 0 Å². The number of rotatable bonds is 8. The number of aromatic nitrogens is 1. The molecule has 1 aromatic carbocycles. The highest BCUT2D eigenvalue weighted by molar-refractivity contribution is 7.09. The van der Waals surface area contributed by atoms with Crippen LogP contribution in [0.3, 0.4) is 0 Å². The van der Waals surface area contributed by atoms with Gasteiger partial charge in [-0.05, 0) is 18.4 Å². The molecule has 4 nitrogen and oxygen atoms in total. The quantitative estimate of drug-likeness (QED) is 0.795. The van der Waals surface area contributed by atoms with Gasteiger partial charge >= 0.3 is 0 Å². The van der Waals surface area contributed by atoms with Gasteiger partial charge in [-0.25, -0.2) is 4.98 Å². The maximum absolute atomic E-state index is 13.0. The molecule has 1 aromatic heterocycles. The Hall–Kier alpha value is -1.72. The van der Waals surface area contributed by atoms with E-state index >= 15 is 0 Å². The highest BCUT2D eigenvalue weighted by atomic mass is 32.1. The number of amides is 1. The molecule has 2 rings (SSSR count). The average molecular weight is 331 g/mol. The van der Waals surface area contributed by atoms with Gasteiger partial charge in [-0.3, -0.25) is 4.79 Å². The van der Waals surface area contributed by atoms with Gasteiger partial charge < -0.3 is 10.6 Å². The summed E-state index contributed by atoms with van der Waals surface area (Å²) in [5.41, 5.74) is 7.31. The highest BCUT2D eigenvalue weighted by Crippen LogP contribution is 2.26. The third-order valence-corrected chi connectivity index (χ3v) is 4.78. The zero-order chi connectivity index (χ0) is 16.7. The molecule has 1 atom stereocenters. The van der Waals surface area contributed by atoms with Crippen LogP contribution in [0.1, 0.15) is 60.2 Å². The molecule has 0 spiro atoms. The van der Waals surface area contributed by atoms with Crippen molar-refractivity contribution in [1.82, 2.24) is 9.88 Å². The molecule has 124 valence electrons. The van der Waals surface area contributed by atoms with E-state index in [1.165, 1.54) is 16.9 Å². The molecule has 23 heavy (non-hydrogen) atoms. The van der Waals surface area contributed by atoms with Crippen LogP contribution in [0.4, 0.5) is 0 Å². The Morgan fingerprint density at radius 3 is 2.61 bits per heavy atom. The van der Waals surface area contributed by atoms with Crippen LogP contribution in [0.25, 0.3) is 0 Å². The minimum Gasteiger partial charge on any atom is -0.330 e. The van der Waals surface area contributed by atoms with Gasteiger partial charge in [-0.2, -0.15) is 0 Å². The number of nitrogens with two attached hydrogens (primary N) is 1. The number of carbonyl (C=O) groups excluding carboxylic acids is 1. The molecule has 2 aromatic rings. The lowest BCUT2D eigenvalue weighted by atomic mass is 10.0. The molecule has 1 heterocycles. The zero-order valence-corrected chi connectivity index (χ0v) is 14.7. The molecule has 0 aliphatic heterocycles. The Balaban J connectivity index is 2.29. The molecule has 1 amide bonds. The van der Waals surface area contributed by atoms with E-state index in [2.05, 4.69) is 31.0 Å². The van der Waals surface area contributed by atoms with Crippen LogP contribution < -0.4 is 5.73 Å². The molecule has 0 fully saturated rings. The van der Waals surface area contributed by atoms with Crippen molar-refractivity contribution < 1.29 is 4.79 Å². The number of benzene rings is 1. The predicted octanol–water partition coefficient (Wildman–Crippen LogP) is 4.00. The minimum absolute atomic E-state index is 0.00473. The molecule has 0 radical (unpaired) electrons. The van der Waals surface area contributed by atoms with Gasteiger partial charge in [0.2, 0.25) is 0 Å². The fraction of sp³-hybridized carbons (Fsp3) is 0.444. The van der Waals surface area contributed by atoms with E-state index in [-0.39, 0.29) is 11.9 Å². The van der Waals surface area contributed by atoms with Crippen molar-refractivity contribution in [2.75, 3.05) is 6.54 Å². The number of thiazole rings is 1. The van der Waals surface area contributed by atoms with Crippen molar-refractivity contribution in [3.8, 4) is 0 Å².